The van der Waals surface area contributed by atoms with Crippen LogP contribution in [0.4, 0.5) is 5.69 Å². The molecule has 1 saturated heterocycles. The van der Waals surface area contributed by atoms with Crippen LogP contribution in [-0.2, 0) is 16.5 Å². The maximum atomic E-state index is 11.7. The van der Waals surface area contributed by atoms with E-state index in [1.54, 1.807) is 13.2 Å². The van der Waals surface area contributed by atoms with Gasteiger partial charge in [0.05, 0.1) is 31.2 Å². The lowest BCUT2D eigenvalue weighted by Crippen LogP contribution is -2.28. The fraction of sp³-hybridized carbons (Fsp3) is 0.667. The number of ether oxygens (including phenoxy) is 2. The van der Waals surface area contributed by atoms with Gasteiger partial charge < -0.3 is 14.8 Å². The molecule has 106 valence electrons. The summed E-state index contributed by atoms with van der Waals surface area (Å²) in [5.74, 6) is 0. The Hall–Kier alpha value is -0.920. The maximum absolute atomic E-state index is 11.7. The largest absolute Gasteiger partial charge is 0.379 e. The minimum atomic E-state index is -0.165. The van der Waals surface area contributed by atoms with Gasteiger partial charge >= 0.3 is 0 Å². The van der Waals surface area contributed by atoms with Crippen LogP contribution in [0.25, 0.3) is 0 Å². The zero-order valence-corrected chi connectivity index (χ0v) is 12.6. The molecule has 2 rings (SSSR count). The van der Waals surface area contributed by atoms with Gasteiger partial charge in [0, 0.05) is 19.7 Å². The molecule has 0 aromatic carbocycles. The lowest BCUT2D eigenvalue weighted by atomic mass is 10.3. The predicted octanol–water partition coefficient (Wildman–Crippen LogP) is 1.15. The summed E-state index contributed by atoms with van der Waals surface area (Å²) in [6.45, 7) is 4.01. The summed E-state index contributed by atoms with van der Waals surface area (Å²) >= 11 is 3.28. The number of halogens is 1. The van der Waals surface area contributed by atoms with E-state index in [9.17, 15) is 4.79 Å². The molecule has 2 atom stereocenters. The number of hydrogen-bond donors (Lipinski definition) is 1. The second-order valence-electron chi connectivity index (χ2n) is 4.67. The molecule has 1 aromatic rings. The van der Waals surface area contributed by atoms with Gasteiger partial charge in [0.2, 0.25) is 0 Å². The Labute approximate surface area is 120 Å². The van der Waals surface area contributed by atoms with E-state index in [2.05, 4.69) is 26.3 Å². The summed E-state index contributed by atoms with van der Waals surface area (Å²) in [6.07, 6.45) is 2.76. The van der Waals surface area contributed by atoms with E-state index >= 15 is 0 Å². The molecular weight excluding hydrogens is 314 g/mol. The number of nitrogens with zero attached hydrogens (tertiary/aromatic N) is 2. The molecule has 0 aliphatic carbocycles. The Kier molecular flexibility index (Phi) is 4.95. The zero-order valence-electron chi connectivity index (χ0n) is 11.1. The molecule has 1 aliphatic heterocycles. The van der Waals surface area contributed by atoms with Crippen LogP contribution in [0.2, 0.25) is 0 Å². The van der Waals surface area contributed by atoms with Crippen LogP contribution in [0.5, 0.6) is 0 Å². The van der Waals surface area contributed by atoms with E-state index < -0.39 is 0 Å². The van der Waals surface area contributed by atoms with Crippen molar-refractivity contribution in [2.75, 3.05) is 25.1 Å². The van der Waals surface area contributed by atoms with E-state index in [-0.39, 0.29) is 17.7 Å². The number of hydrogen-bond acceptors (Lipinski definition) is 5. The zero-order chi connectivity index (χ0) is 13.8. The van der Waals surface area contributed by atoms with E-state index in [0.717, 1.165) is 13.0 Å². The predicted molar refractivity (Wildman–Crippen MR) is 75.4 cm³/mol. The molecule has 0 radical (unpaired) electrons. The third kappa shape index (κ3) is 3.77. The Morgan fingerprint density at radius 2 is 2.53 bits per heavy atom. The fourth-order valence-corrected chi connectivity index (χ4v) is 2.32. The second-order valence-corrected chi connectivity index (χ2v) is 5.46. The lowest BCUT2D eigenvalue weighted by molar-refractivity contribution is 0.0395. The van der Waals surface area contributed by atoms with Gasteiger partial charge in [-0.2, -0.15) is 5.10 Å². The van der Waals surface area contributed by atoms with Crippen molar-refractivity contribution in [1.82, 2.24) is 9.78 Å². The van der Waals surface area contributed by atoms with Crippen molar-refractivity contribution in [2.24, 2.45) is 7.05 Å². The van der Waals surface area contributed by atoms with E-state index in [1.165, 1.54) is 4.68 Å². The minimum Gasteiger partial charge on any atom is -0.379 e. The van der Waals surface area contributed by atoms with Crippen molar-refractivity contribution in [2.45, 2.75) is 25.5 Å². The van der Waals surface area contributed by atoms with Crippen LogP contribution in [-0.4, -0.2) is 41.7 Å². The highest BCUT2D eigenvalue weighted by atomic mass is 79.9. The first kappa shape index (κ1) is 14.5. The van der Waals surface area contributed by atoms with Crippen molar-refractivity contribution in [1.29, 1.82) is 0 Å². The molecule has 19 heavy (non-hydrogen) atoms. The fourth-order valence-electron chi connectivity index (χ4n) is 1.84. The SMILES string of the molecule is CC(COC1CCOC1)Nc1cnn(C)c(=O)c1Br. The van der Waals surface area contributed by atoms with Gasteiger partial charge in [0.1, 0.15) is 4.47 Å². The lowest BCUT2D eigenvalue weighted by Gasteiger charge is -2.18. The molecule has 0 saturated carbocycles. The van der Waals surface area contributed by atoms with Crippen LogP contribution in [0, 0.1) is 0 Å². The summed E-state index contributed by atoms with van der Waals surface area (Å²) in [5, 5.41) is 7.19. The van der Waals surface area contributed by atoms with Gasteiger partial charge in [0.25, 0.3) is 5.56 Å². The molecule has 1 N–H and O–H groups in total. The summed E-state index contributed by atoms with van der Waals surface area (Å²) < 4.78 is 12.7. The van der Waals surface area contributed by atoms with Crippen LogP contribution in [0.3, 0.4) is 0 Å². The number of aryl methyl sites for hydroxylation is 1. The van der Waals surface area contributed by atoms with E-state index in [4.69, 9.17) is 9.47 Å². The average Bonchev–Trinajstić information content (AvgIpc) is 2.90. The van der Waals surface area contributed by atoms with Gasteiger partial charge in [-0.1, -0.05) is 0 Å². The molecule has 2 unspecified atom stereocenters. The summed E-state index contributed by atoms with van der Waals surface area (Å²) in [7, 11) is 1.61. The molecule has 1 aromatic heterocycles. The smallest absolute Gasteiger partial charge is 0.282 e. The Morgan fingerprint density at radius 3 is 3.21 bits per heavy atom. The molecular formula is C12H18BrN3O3. The molecule has 1 aliphatic rings. The van der Waals surface area contributed by atoms with Gasteiger partial charge in [-0.25, -0.2) is 4.68 Å². The topological polar surface area (TPSA) is 65.4 Å². The molecule has 0 amide bonds. The number of nitrogens with one attached hydrogen (secondary N) is 1. The summed E-state index contributed by atoms with van der Waals surface area (Å²) in [6, 6.07) is 0.0887. The van der Waals surface area contributed by atoms with Crippen LogP contribution < -0.4 is 10.9 Å². The highest BCUT2D eigenvalue weighted by Gasteiger charge is 2.17. The van der Waals surface area contributed by atoms with Gasteiger partial charge in [-0.15, -0.1) is 0 Å². The molecule has 2 heterocycles. The van der Waals surface area contributed by atoms with Crippen molar-refractivity contribution in [3.05, 3.63) is 21.0 Å². The van der Waals surface area contributed by atoms with Crippen LogP contribution in [0.15, 0.2) is 15.5 Å². The monoisotopic (exact) mass is 331 g/mol. The van der Waals surface area contributed by atoms with Crippen molar-refractivity contribution in [3.8, 4) is 0 Å². The molecule has 0 spiro atoms. The highest BCUT2D eigenvalue weighted by Crippen LogP contribution is 2.17. The van der Waals surface area contributed by atoms with E-state index in [0.29, 0.717) is 23.4 Å². The van der Waals surface area contributed by atoms with Crippen molar-refractivity contribution < 1.29 is 9.47 Å². The van der Waals surface area contributed by atoms with Crippen molar-refractivity contribution in [3.63, 3.8) is 0 Å². The molecule has 1 fully saturated rings. The normalized spacial score (nSPS) is 20.5. The second kappa shape index (κ2) is 6.49. The Balaban J connectivity index is 1.89. The molecule has 0 bridgehead atoms. The number of anilines is 1. The highest BCUT2D eigenvalue weighted by molar-refractivity contribution is 9.10. The minimum absolute atomic E-state index is 0.0887. The molecule has 6 nitrogen and oxygen atoms in total. The third-order valence-electron chi connectivity index (χ3n) is 2.95. The van der Waals surface area contributed by atoms with Gasteiger partial charge in [0.15, 0.2) is 0 Å². The average molecular weight is 332 g/mol. The molecule has 7 heteroatoms. The first-order valence-electron chi connectivity index (χ1n) is 6.25. The number of rotatable bonds is 5. The van der Waals surface area contributed by atoms with E-state index in [1.807, 2.05) is 6.92 Å². The van der Waals surface area contributed by atoms with Gasteiger partial charge in [-0.3, -0.25) is 4.79 Å². The first-order valence-corrected chi connectivity index (χ1v) is 7.05. The third-order valence-corrected chi connectivity index (χ3v) is 3.72. The van der Waals surface area contributed by atoms with Crippen LogP contribution in [0.1, 0.15) is 13.3 Å². The quantitative estimate of drug-likeness (QED) is 0.876. The maximum Gasteiger partial charge on any atom is 0.282 e. The van der Waals surface area contributed by atoms with Gasteiger partial charge in [-0.05, 0) is 29.3 Å². The Morgan fingerprint density at radius 1 is 1.74 bits per heavy atom. The first-order chi connectivity index (χ1) is 9.08. The standard InChI is InChI=1S/C12H18BrN3O3/c1-8(6-19-9-3-4-18-7-9)15-10-5-14-16(2)12(17)11(10)13/h5,8-9,15H,3-4,6-7H2,1-2H3. The number of aromatic nitrogens is 2. The summed E-state index contributed by atoms with van der Waals surface area (Å²) in [5.41, 5.74) is 0.518. The van der Waals surface area contributed by atoms with Crippen molar-refractivity contribution >= 4 is 21.6 Å². The van der Waals surface area contributed by atoms with Crippen LogP contribution >= 0.6 is 15.9 Å². The Bertz CT molecular complexity index is 486. The summed E-state index contributed by atoms with van der Waals surface area (Å²) in [4.78, 5) is 11.7.